The third kappa shape index (κ3) is 5.70. The minimum absolute atomic E-state index is 0.107. The van der Waals surface area contributed by atoms with Gasteiger partial charge in [-0.15, -0.1) is 9.45 Å². The van der Waals surface area contributed by atoms with Crippen molar-refractivity contribution in [3.8, 4) is 0 Å². The molecule has 0 spiro atoms. The van der Waals surface area contributed by atoms with E-state index in [0.717, 1.165) is 45.3 Å². The van der Waals surface area contributed by atoms with Gasteiger partial charge in [0.25, 0.3) is 0 Å². The minimum Gasteiger partial charge on any atom is -0.379 e. The zero-order valence-corrected chi connectivity index (χ0v) is 9.75. The molecule has 13 heavy (non-hydrogen) atoms. The van der Waals surface area contributed by atoms with Gasteiger partial charge >= 0.3 is 0 Å². The van der Waals surface area contributed by atoms with Crippen molar-refractivity contribution in [3.05, 3.63) is 0 Å². The van der Waals surface area contributed by atoms with Gasteiger partial charge in [0.2, 0.25) is 0 Å². The molecule has 1 aliphatic heterocycles. The molecule has 0 bridgehead atoms. The minimum atomic E-state index is 0.107. The number of ether oxygens (including phenoxy) is 1. The standard InChI is InChI=1S/C8H18N2OS2/c1-13(12)8-9-2-3-10-4-6-11-7-5-10/h9H,2-8H2,1H3. The normalized spacial score (nSPS) is 21.6. The highest BCUT2D eigenvalue weighted by atomic mass is 32.8. The molecule has 1 N–H and O–H groups in total. The molecule has 0 aromatic carbocycles. The second kappa shape index (κ2) is 6.84. The van der Waals surface area contributed by atoms with Crippen molar-refractivity contribution in [1.29, 1.82) is 0 Å². The molecule has 78 valence electrons. The van der Waals surface area contributed by atoms with Gasteiger partial charge in [-0.05, 0) is 6.26 Å². The van der Waals surface area contributed by atoms with Crippen LogP contribution in [0, 0.1) is 0 Å². The fraction of sp³-hybridized carbons (Fsp3) is 1.00. The lowest BCUT2D eigenvalue weighted by molar-refractivity contribution is 0.0386. The number of rotatable bonds is 5. The molecule has 1 unspecified atom stereocenters. The van der Waals surface area contributed by atoms with Crippen molar-refractivity contribution in [2.24, 2.45) is 0 Å². The van der Waals surface area contributed by atoms with Crippen LogP contribution in [0.5, 0.6) is 0 Å². The van der Waals surface area contributed by atoms with Gasteiger partial charge in [0.1, 0.15) is 0 Å². The average Bonchev–Trinajstić information content (AvgIpc) is 2.14. The highest BCUT2D eigenvalue weighted by molar-refractivity contribution is 8.28. The molecule has 5 heteroatoms. The van der Waals surface area contributed by atoms with Crippen LogP contribution in [0.1, 0.15) is 0 Å². The fourth-order valence-corrected chi connectivity index (χ4v) is 1.96. The smallest absolute Gasteiger partial charge is 0.0594 e. The molecule has 0 amide bonds. The Labute approximate surface area is 87.4 Å². The molecule has 1 aliphatic rings. The van der Waals surface area contributed by atoms with Crippen molar-refractivity contribution < 1.29 is 4.74 Å². The predicted molar refractivity (Wildman–Crippen MR) is 60.8 cm³/mol. The highest BCUT2D eigenvalue weighted by Crippen LogP contribution is 1.94. The van der Waals surface area contributed by atoms with Crippen molar-refractivity contribution in [3.63, 3.8) is 0 Å². The topological polar surface area (TPSA) is 24.5 Å². The van der Waals surface area contributed by atoms with Crippen molar-refractivity contribution in [1.82, 2.24) is 10.2 Å². The van der Waals surface area contributed by atoms with Crippen LogP contribution in [-0.4, -0.2) is 56.4 Å². The molecule has 0 aromatic rings. The largest absolute Gasteiger partial charge is 0.379 e. The zero-order chi connectivity index (χ0) is 9.52. The number of nitrogens with zero attached hydrogens (tertiary/aromatic N) is 1. The lowest BCUT2D eigenvalue weighted by Gasteiger charge is -2.26. The lowest BCUT2D eigenvalue weighted by Crippen LogP contribution is -2.40. The van der Waals surface area contributed by atoms with E-state index in [1.807, 2.05) is 0 Å². The fourth-order valence-electron chi connectivity index (χ4n) is 1.28. The zero-order valence-electron chi connectivity index (χ0n) is 8.12. The molecule has 0 radical (unpaired) electrons. The van der Waals surface area contributed by atoms with Gasteiger partial charge < -0.3 is 10.1 Å². The van der Waals surface area contributed by atoms with Gasteiger partial charge in [-0.3, -0.25) is 4.90 Å². The van der Waals surface area contributed by atoms with Crippen LogP contribution in [0.2, 0.25) is 0 Å². The van der Waals surface area contributed by atoms with Crippen LogP contribution in [0.3, 0.4) is 0 Å². The van der Waals surface area contributed by atoms with Crippen LogP contribution in [-0.2, 0) is 25.4 Å². The second-order valence-corrected chi connectivity index (χ2v) is 6.31. The Morgan fingerprint density at radius 3 is 2.77 bits per heavy atom. The summed E-state index contributed by atoms with van der Waals surface area (Å²) in [7, 11) is 0.107. The highest BCUT2D eigenvalue weighted by Gasteiger charge is 2.08. The number of hydrogen-bond donors (Lipinski definition) is 1. The van der Waals surface area contributed by atoms with E-state index < -0.39 is 0 Å². The van der Waals surface area contributed by atoms with E-state index in [-0.39, 0.29) is 9.45 Å². The van der Waals surface area contributed by atoms with Gasteiger partial charge in [-0.1, -0.05) is 11.2 Å². The lowest BCUT2D eigenvalue weighted by atomic mass is 10.4. The third-order valence-electron chi connectivity index (χ3n) is 2.01. The first-order chi connectivity index (χ1) is 6.29. The van der Waals surface area contributed by atoms with Crippen LogP contribution in [0.4, 0.5) is 0 Å². The van der Waals surface area contributed by atoms with E-state index in [2.05, 4.69) is 16.5 Å². The molecule has 3 nitrogen and oxygen atoms in total. The van der Waals surface area contributed by atoms with E-state index in [1.54, 1.807) is 0 Å². The van der Waals surface area contributed by atoms with Crippen LogP contribution in [0.25, 0.3) is 0 Å². The van der Waals surface area contributed by atoms with E-state index in [1.165, 1.54) is 0 Å². The van der Waals surface area contributed by atoms with Gasteiger partial charge in [-0.2, -0.15) is 0 Å². The Bertz CT molecular complexity index is 160. The summed E-state index contributed by atoms with van der Waals surface area (Å²) in [4.78, 5) is 2.42. The Kier molecular flexibility index (Phi) is 6.06. The molecule has 1 rings (SSSR count). The van der Waals surface area contributed by atoms with Gasteiger partial charge in [0, 0.05) is 32.1 Å². The summed E-state index contributed by atoms with van der Waals surface area (Å²) in [5.41, 5.74) is 0. The maximum atomic E-state index is 5.27. The monoisotopic (exact) mass is 222 g/mol. The van der Waals surface area contributed by atoms with Crippen molar-refractivity contribution in [2.45, 2.75) is 0 Å². The van der Waals surface area contributed by atoms with Gasteiger partial charge in [0.05, 0.1) is 13.2 Å². The van der Waals surface area contributed by atoms with Crippen LogP contribution in [0.15, 0.2) is 0 Å². The predicted octanol–water partition coefficient (Wildman–Crippen LogP) is -0.424. The van der Waals surface area contributed by atoms with Crippen molar-refractivity contribution >= 4 is 20.6 Å². The molecular weight excluding hydrogens is 204 g/mol. The quantitative estimate of drug-likeness (QED) is 0.638. The van der Waals surface area contributed by atoms with Crippen LogP contribution >= 0.6 is 0 Å². The molecular formula is C8H18N2OS2. The molecule has 0 aliphatic carbocycles. The summed E-state index contributed by atoms with van der Waals surface area (Å²) in [6, 6.07) is 0. The first-order valence-corrected chi connectivity index (χ1v) is 7.32. The summed E-state index contributed by atoms with van der Waals surface area (Å²) in [6.07, 6.45) is 2.08. The van der Waals surface area contributed by atoms with E-state index in [0.29, 0.717) is 0 Å². The molecule has 1 fully saturated rings. The summed E-state index contributed by atoms with van der Waals surface area (Å²) in [5, 5.41) is 3.36. The molecule has 1 atom stereocenters. The Morgan fingerprint density at radius 2 is 2.15 bits per heavy atom. The molecule has 1 saturated heterocycles. The second-order valence-electron chi connectivity index (χ2n) is 3.17. The van der Waals surface area contributed by atoms with Gasteiger partial charge in [0.15, 0.2) is 0 Å². The first kappa shape index (κ1) is 11.5. The summed E-state index contributed by atoms with van der Waals surface area (Å²) in [6.45, 7) is 6.10. The number of morpholine rings is 1. The summed E-state index contributed by atoms with van der Waals surface area (Å²) < 4.78 is 5.27. The number of nitrogens with one attached hydrogen (secondary N) is 1. The number of hydrogen-bond acceptors (Lipinski definition) is 4. The molecule has 0 saturated carbocycles. The summed E-state index contributed by atoms with van der Waals surface area (Å²) in [5.74, 6) is 0.972. The Balaban J connectivity index is 1.95. The average molecular weight is 222 g/mol. The van der Waals surface area contributed by atoms with E-state index in [9.17, 15) is 0 Å². The van der Waals surface area contributed by atoms with Crippen LogP contribution < -0.4 is 5.32 Å². The summed E-state index contributed by atoms with van der Waals surface area (Å²) >= 11 is 5.08. The molecule has 0 aromatic heterocycles. The molecule has 1 heterocycles. The maximum absolute atomic E-state index is 5.27. The third-order valence-corrected chi connectivity index (χ3v) is 2.98. The van der Waals surface area contributed by atoms with E-state index in [4.69, 9.17) is 15.9 Å². The Morgan fingerprint density at radius 1 is 1.46 bits per heavy atom. The SMILES string of the molecule is CS(=S)CNCCN1CCOCC1. The van der Waals surface area contributed by atoms with Gasteiger partial charge in [-0.25, -0.2) is 0 Å². The van der Waals surface area contributed by atoms with E-state index >= 15 is 0 Å². The Hall–Kier alpha value is 0.450. The maximum Gasteiger partial charge on any atom is 0.0594 e. The first-order valence-electron chi connectivity index (χ1n) is 4.60. The van der Waals surface area contributed by atoms with Crippen molar-refractivity contribution in [2.75, 3.05) is 51.5 Å².